The smallest absolute Gasteiger partial charge is 0.434 e. The molecule has 0 bridgehead atoms. The summed E-state index contributed by atoms with van der Waals surface area (Å²) in [5.41, 5.74) is -2.47. The Bertz CT molecular complexity index is 1660. The first-order valence-corrected chi connectivity index (χ1v) is 13.3. The summed E-state index contributed by atoms with van der Waals surface area (Å²) in [5.74, 6) is -2.64. The topological polar surface area (TPSA) is 97.6 Å². The molecule has 5 rings (SSSR count). The number of alkyl halides is 6. The Morgan fingerprint density at radius 2 is 1.64 bits per heavy atom. The number of para-hydroxylation sites is 1. The number of carbonyl (C=O) groups excluding carboxylic acids is 1. The molecule has 0 aliphatic carbocycles. The first kappa shape index (κ1) is 30.6. The first-order chi connectivity index (χ1) is 20.9. The van der Waals surface area contributed by atoms with Crippen molar-refractivity contribution in [2.75, 3.05) is 13.1 Å². The zero-order chi connectivity index (χ0) is 31.6. The molecule has 1 N–H and O–H groups in total. The zero-order valence-corrected chi connectivity index (χ0v) is 22.8. The number of ether oxygens (including phenoxy) is 1. The molecule has 1 amide bonds. The number of aromatic nitrogens is 3. The predicted molar refractivity (Wildman–Crippen MR) is 144 cm³/mol. The molecule has 1 fully saturated rings. The van der Waals surface area contributed by atoms with Gasteiger partial charge in [0.05, 0.1) is 17.5 Å². The fourth-order valence-corrected chi connectivity index (χ4v) is 5.14. The van der Waals surface area contributed by atoms with Crippen molar-refractivity contribution in [3.63, 3.8) is 0 Å². The first-order valence-electron chi connectivity index (χ1n) is 13.3. The van der Waals surface area contributed by atoms with Gasteiger partial charge in [-0.25, -0.2) is 14.5 Å². The van der Waals surface area contributed by atoms with Crippen LogP contribution in [0.1, 0.15) is 51.5 Å². The van der Waals surface area contributed by atoms with Crippen LogP contribution in [0, 0.1) is 0 Å². The van der Waals surface area contributed by atoms with Gasteiger partial charge in [-0.05, 0) is 54.2 Å². The van der Waals surface area contributed by atoms with Gasteiger partial charge in [-0.1, -0.05) is 36.4 Å². The van der Waals surface area contributed by atoms with Crippen LogP contribution >= 0.6 is 0 Å². The molecule has 0 atom stereocenters. The van der Waals surface area contributed by atoms with Crippen molar-refractivity contribution in [2.45, 2.75) is 37.7 Å². The fourth-order valence-electron chi connectivity index (χ4n) is 5.14. The lowest BCUT2D eigenvalue weighted by Crippen LogP contribution is -2.31. The second-order valence-corrected chi connectivity index (χ2v) is 10.1. The molecular formula is C30H24F6N4O4. The minimum Gasteiger partial charge on any atom is -0.488 e. The third kappa shape index (κ3) is 6.38. The number of hydrogen-bond acceptors (Lipinski definition) is 5. The van der Waals surface area contributed by atoms with Gasteiger partial charge in [0.2, 0.25) is 6.41 Å². The molecule has 1 aliphatic rings. The number of benzene rings is 2. The number of likely N-dealkylation sites (tertiary alicyclic amines) is 1. The highest BCUT2D eigenvalue weighted by atomic mass is 19.4. The van der Waals surface area contributed by atoms with E-state index in [4.69, 9.17) is 4.74 Å². The quantitative estimate of drug-likeness (QED) is 0.177. The van der Waals surface area contributed by atoms with E-state index in [2.05, 4.69) is 10.1 Å². The van der Waals surface area contributed by atoms with Crippen molar-refractivity contribution in [3.8, 4) is 22.8 Å². The van der Waals surface area contributed by atoms with E-state index in [-0.39, 0.29) is 28.5 Å². The van der Waals surface area contributed by atoms with Gasteiger partial charge in [-0.2, -0.15) is 31.4 Å². The molecule has 14 heteroatoms. The van der Waals surface area contributed by atoms with Gasteiger partial charge < -0.3 is 14.7 Å². The Balaban J connectivity index is 1.46. The van der Waals surface area contributed by atoms with E-state index in [1.807, 2.05) is 12.1 Å². The predicted octanol–water partition coefficient (Wildman–Crippen LogP) is 6.58. The average molecular weight is 619 g/mol. The molecule has 1 aliphatic heterocycles. The third-order valence-corrected chi connectivity index (χ3v) is 7.33. The van der Waals surface area contributed by atoms with Crippen LogP contribution in [0.4, 0.5) is 26.3 Å². The summed E-state index contributed by atoms with van der Waals surface area (Å²) in [6.07, 6.45) is -7.01. The van der Waals surface area contributed by atoms with Crippen molar-refractivity contribution in [2.24, 2.45) is 0 Å². The fraction of sp³-hybridized carbons (Fsp3) is 0.267. The lowest BCUT2D eigenvalue weighted by atomic mass is 9.89. The standard InChI is InChI=1S/C30H24F6N4O4/c31-29(32,33)23-4-1-3-21(24-5-2-6-25(38-24)40-27(30(34,35)36)22(15-37-40)28(42)43)26(23)44-16-18-7-9-19(10-8-18)20-11-13-39(17-41)14-12-20/h1-10,15,17,20H,11-14,16H2,(H,42,43). The second kappa shape index (κ2) is 12.0. The zero-order valence-electron chi connectivity index (χ0n) is 22.8. The van der Waals surface area contributed by atoms with Crippen molar-refractivity contribution in [3.05, 3.63) is 94.8 Å². The Morgan fingerprint density at radius 3 is 2.25 bits per heavy atom. The maximum absolute atomic E-state index is 14.1. The monoisotopic (exact) mass is 618 g/mol. The molecule has 3 heterocycles. The summed E-state index contributed by atoms with van der Waals surface area (Å²) >= 11 is 0. The summed E-state index contributed by atoms with van der Waals surface area (Å²) in [7, 11) is 0. The minimum atomic E-state index is -5.12. The lowest BCUT2D eigenvalue weighted by Gasteiger charge is -2.29. The summed E-state index contributed by atoms with van der Waals surface area (Å²) in [6, 6.07) is 14.2. The van der Waals surface area contributed by atoms with Crippen LogP contribution in [0.25, 0.3) is 17.1 Å². The summed E-state index contributed by atoms with van der Waals surface area (Å²) in [6.45, 7) is 1.04. The highest BCUT2D eigenvalue weighted by Gasteiger charge is 2.41. The Hall–Kier alpha value is -4.88. The van der Waals surface area contributed by atoms with Crippen LogP contribution in [-0.2, 0) is 23.8 Å². The van der Waals surface area contributed by atoms with Crippen molar-refractivity contribution < 1.29 is 45.8 Å². The third-order valence-electron chi connectivity index (χ3n) is 7.33. The molecule has 1 saturated heterocycles. The summed E-state index contributed by atoms with van der Waals surface area (Å²) < 4.78 is 89.5. The minimum absolute atomic E-state index is 0.139. The van der Waals surface area contributed by atoms with Crippen LogP contribution in [0.2, 0.25) is 0 Å². The molecule has 0 spiro atoms. The molecular weight excluding hydrogens is 594 g/mol. The average Bonchev–Trinajstić information content (AvgIpc) is 3.47. The largest absolute Gasteiger partial charge is 0.488 e. The second-order valence-electron chi connectivity index (χ2n) is 10.1. The van der Waals surface area contributed by atoms with Gasteiger partial charge in [0.1, 0.15) is 17.9 Å². The number of nitrogens with zero attached hydrogens (tertiary/aromatic N) is 4. The van der Waals surface area contributed by atoms with Gasteiger partial charge in [0.25, 0.3) is 0 Å². The Kier molecular flexibility index (Phi) is 8.35. The van der Waals surface area contributed by atoms with Gasteiger partial charge in [0, 0.05) is 18.7 Å². The molecule has 2 aromatic carbocycles. The maximum atomic E-state index is 14.1. The number of amides is 1. The SMILES string of the molecule is O=CN1CCC(c2ccc(COc3c(-c4cccc(-n5ncc(C(=O)O)c5C(F)(F)F)n4)cccc3C(F)(F)F)cc2)CC1. The molecule has 0 unspecified atom stereocenters. The van der Waals surface area contributed by atoms with Gasteiger partial charge >= 0.3 is 18.3 Å². The highest BCUT2D eigenvalue weighted by Crippen LogP contribution is 2.42. The van der Waals surface area contributed by atoms with E-state index >= 15 is 0 Å². The number of pyridine rings is 1. The maximum Gasteiger partial charge on any atom is 0.434 e. The van der Waals surface area contributed by atoms with Crippen LogP contribution in [0.5, 0.6) is 5.75 Å². The van der Waals surface area contributed by atoms with Crippen LogP contribution in [0.3, 0.4) is 0 Å². The number of rotatable bonds is 8. The number of carboxylic acids is 1. The van der Waals surface area contributed by atoms with Crippen molar-refractivity contribution in [1.82, 2.24) is 19.7 Å². The van der Waals surface area contributed by atoms with E-state index < -0.39 is 46.7 Å². The number of hydrogen-bond donors (Lipinski definition) is 1. The van der Waals surface area contributed by atoms with E-state index in [1.54, 1.807) is 17.0 Å². The number of carbonyl (C=O) groups is 2. The van der Waals surface area contributed by atoms with E-state index in [0.717, 1.165) is 43.0 Å². The lowest BCUT2D eigenvalue weighted by molar-refractivity contribution is -0.143. The van der Waals surface area contributed by atoms with E-state index in [9.17, 15) is 41.0 Å². The Labute approximate surface area is 246 Å². The number of carboxylic acid groups (broad SMARTS) is 1. The Morgan fingerprint density at radius 1 is 0.955 bits per heavy atom. The van der Waals surface area contributed by atoms with Crippen molar-refractivity contribution >= 4 is 12.4 Å². The van der Waals surface area contributed by atoms with Crippen LogP contribution in [-0.4, -0.2) is 50.2 Å². The highest BCUT2D eigenvalue weighted by molar-refractivity contribution is 5.89. The summed E-state index contributed by atoms with van der Waals surface area (Å²) in [5, 5.41) is 12.7. The van der Waals surface area contributed by atoms with Crippen LogP contribution < -0.4 is 4.74 Å². The molecule has 2 aromatic heterocycles. The number of aromatic carboxylic acids is 1. The van der Waals surface area contributed by atoms with Gasteiger partial charge in [-0.3, -0.25) is 4.79 Å². The molecule has 44 heavy (non-hydrogen) atoms. The normalized spacial score (nSPS) is 14.5. The molecule has 8 nitrogen and oxygen atoms in total. The van der Waals surface area contributed by atoms with E-state index in [1.165, 1.54) is 18.2 Å². The van der Waals surface area contributed by atoms with E-state index in [0.29, 0.717) is 24.8 Å². The van der Waals surface area contributed by atoms with Gasteiger partial charge in [0.15, 0.2) is 11.5 Å². The molecule has 0 radical (unpaired) electrons. The van der Waals surface area contributed by atoms with Gasteiger partial charge in [-0.15, -0.1) is 0 Å². The number of halogens is 6. The number of piperidine rings is 1. The molecule has 230 valence electrons. The molecule has 0 saturated carbocycles. The molecule has 4 aromatic rings. The van der Waals surface area contributed by atoms with Crippen molar-refractivity contribution in [1.29, 1.82) is 0 Å². The summed E-state index contributed by atoms with van der Waals surface area (Å²) in [4.78, 5) is 28.2. The van der Waals surface area contributed by atoms with Crippen LogP contribution in [0.15, 0.2) is 66.9 Å².